The molecule has 5 nitrogen and oxygen atoms in total. The second-order valence-corrected chi connectivity index (χ2v) is 3.98. The van der Waals surface area contributed by atoms with Crippen LogP contribution in [0.2, 0.25) is 5.15 Å². The van der Waals surface area contributed by atoms with Crippen LogP contribution in [0.3, 0.4) is 0 Å². The summed E-state index contributed by atoms with van der Waals surface area (Å²) in [6, 6.07) is 12.0. The molecule has 1 aromatic carbocycles. The van der Waals surface area contributed by atoms with Crippen molar-refractivity contribution in [2.75, 3.05) is 0 Å². The van der Waals surface area contributed by atoms with Crippen molar-refractivity contribution in [3.63, 3.8) is 0 Å². The molecule has 2 N–H and O–H groups in total. The highest BCUT2D eigenvalue weighted by atomic mass is 35.5. The molecule has 96 valence electrons. The van der Waals surface area contributed by atoms with E-state index in [0.717, 1.165) is 0 Å². The Bertz CT molecular complexity index is 597. The van der Waals surface area contributed by atoms with E-state index in [2.05, 4.69) is 10.1 Å². The zero-order valence-corrected chi connectivity index (χ0v) is 10.5. The van der Waals surface area contributed by atoms with Crippen LogP contribution in [0.4, 0.5) is 0 Å². The summed E-state index contributed by atoms with van der Waals surface area (Å²) in [5.41, 5.74) is 6.60. The Morgan fingerprint density at radius 2 is 1.89 bits per heavy atom. The molecule has 1 aromatic heterocycles. The van der Waals surface area contributed by atoms with Gasteiger partial charge in [0.1, 0.15) is 5.15 Å². The summed E-state index contributed by atoms with van der Waals surface area (Å²) < 4.78 is 0. The number of aromatic nitrogens is 1. The lowest BCUT2D eigenvalue weighted by Crippen LogP contribution is -2.15. The molecule has 0 radical (unpaired) electrons. The van der Waals surface area contributed by atoms with Crippen LogP contribution in [0.15, 0.2) is 53.8 Å². The van der Waals surface area contributed by atoms with Crippen molar-refractivity contribution in [2.24, 2.45) is 10.9 Å². The number of hydrogen-bond acceptors (Lipinski definition) is 4. The van der Waals surface area contributed by atoms with Gasteiger partial charge in [0.2, 0.25) is 0 Å². The van der Waals surface area contributed by atoms with Crippen molar-refractivity contribution in [3.05, 3.63) is 64.9 Å². The number of rotatable bonds is 3. The predicted molar refractivity (Wildman–Crippen MR) is 71.8 cm³/mol. The number of amidine groups is 1. The molecule has 0 bridgehead atoms. The first-order valence-electron chi connectivity index (χ1n) is 5.38. The highest BCUT2D eigenvalue weighted by Crippen LogP contribution is 2.07. The molecule has 0 saturated heterocycles. The van der Waals surface area contributed by atoms with Gasteiger partial charge in [-0.15, -0.1) is 0 Å². The third kappa shape index (κ3) is 3.53. The minimum absolute atomic E-state index is 0.121. The van der Waals surface area contributed by atoms with E-state index in [1.807, 2.05) is 18.2 Å². The summed E-state index contributed by atoms with van der Waals surface area (Å²) in [6.07, 6.45) is 1.30. The van der Waals surface area contributed by atoms with Gasteiger partial charge in [0.05, 0.1) is 5.56 Å². The maximum Gasteiger partial charge on any atom is 0.367 e. The van der Waals surface area contributed by atoms with Crippen molar-refractivity contribution in [3.8, 4) is 0 Å². The maximum absolute atomic E-state index is 11.6. The van der Waals surface area contributed by atoms with E-state index in [0.29, 0.717) is 10.7 Å². The van der Waals surface area contributed by atoms with Gasteiger partial charge in [0.25, 0.3) is 0 Å². The van der Waals surface area contributed by atoms with E-state index in [1.54, 1.807) is 12.1 Å². The second-order valence-electron chi connectivity index (χ2n) is 3.59. The van der Waals surface area contributed by atoms with Crippen LogP contribution in [0.1, 0.15) is 15.9 Å². The van der Waals surface area contributed by atoms with Crippen molar-refractivity contribution >= 4 is 23.4 Å². The first kappa shape index (κ1) is 13.0. The third-order valence-corrected chi connectivity index (χ3v) is 2.48. The molecule has 0 fully saturated rings. The molecule has 6 heteroatoms. The minimum atomic E-state index is -0.650. The first-order chi connectivity index (χ1) is 9.16. The largest absolute Gasteiger partial charge is 0.380 e. The fourth-order valence-electron chi connectivity index (χ4n) is 1.30. The molecule has 1 heterocycles. The lowest BCUT2D eigenvalue weighted by Gasteiger charge is -2.00. The van der Waals surface area contributed by atoms with Gasteiger partial charge >= 0.3 is 5.97 Å². The molecular formula is C13H10ClN3O2. The Labute approximate surface area is 114 Å². The number of benzene rings is 1. The molecule has 19 heavy (non-hydrogen) atoms. The molecule has 2 aromatic rings. The number of nitrogens with zero attached hydrogens (tertiary/aromatic N) is 2. The normalized spacial score (nSPS) is 11.1. The monoisotopic (exact) mass is 275 g/mol. The molecule has 2 rings (SSSR count). The predicted octanol–water partition coefficient (Wildman–Crippen LogP) is 2.21. The van der Waals surface area contributed by atoms with Crippen LogP contribution in [-0.4, -0.2) is 16.8 Å². The van der Waals surface area contributed by atoms with Crippen LogP contribution in [0.5, 0.6) is 0 Å². The second kappa shape index (κ2) is 5.97. The standard InChI is InChI=1S/C13H10ClN3O2/c14-11-7-6-10(8-16-11)13(18)19-17-12(15)9-4-2-1-3-5-9/h1-8H,(H2,15,17). The van der Waals surface area contributed by atoms with Gasteiger partial charge in [-0.2, -0.15) is 0 Å². The number of carbonyl (C=O) groups excluding carboxylic acids is 1. The molecule has 0 aliphatic carbocycles. The lowest BCUT2D eigenvalue weighted by atomic mass is 10.2. The highest BCUT2D eigenvalue weighted by Gasteiger charge is 2.08. The van der Waals surface area contributed by atoms with E-state index in [9.17, 15) is 4.79 Å². The van der Waals surface area contributed by atoms with E-state index in [4.69, 9.17) is 22.2 Å². The van der Waals surface area contributed by atoms with E-state index >= 15 is 0 Å². The first-order valence-corrected chi connectivity index (χ1v) is 5.76. The Hall–Kier alpha value is -2.40. The van der Waals surface area contributed by atoms with Gasteiger partial charge in [-0.1, -0.05) is 47.1 Å². The number of carbonyl (C=O) groups is 1. The van der Waals surface area contributed by atoms with Crippen LogP contribution in [-0.2, 0) is 4.84 Å². The number of oxime groups is 1. The third-order valence-electron chi connectivity index (χ3n) is 2.26. The van der Waals surface area contributed by atoms with Crippen LogP contribution in [0.25, 0.3) is 0 Å². The summed E-state index contributed by atoms with van der Waals surface area (Å²) in [6.45, 7) is 0. The number of nitrogens with two attached hydrogens (primary N) is 1. The smallest absolute Gasteiger partial charge is 0.367 e. The minimum Gasteiger partial charge on any atom is -0.380 e. The lowest BCUT2D eigenvalue weighted by molar-refractivity contribution is 0.0515. The zero-order valence-electron chi connectivity index (χ0n) is 9.79. The van der Waals surface area contributed by atoms with Gasteiger partial charge in [-0.3, -0.25) is 0 Å². The van der Waals surface area contributed by atoms with Crippen LogP contribution in [0, 0.1) is 0 Å². The molecular weight excluding hydrogens is 266 g/mol. The molecule has 0 spiro atoms. The van der Waals surface area contributed by atoms with E-state index < -0.39 is 5.97 Å². The molecule has 0 saturated carbocycles. The molecule has 0 aliphatic rings. The topological polar surface area (TPSA) is 77.6 Å². The van der Waals surface area contributed by atoms with Gasteiger partial charge < -0.3 is 10.6 Å². The SMILES string of the molecule is N/C(=N\OC(=O)c1ccc(Cl)nc1)c1ccccc1. The summed E-state index contributed by atoms with van der Waals surface area (Å²) in [4.78, 5) is 20.1. The summed E-state index contributed by atoms with van der Waals surface area (Å²) >= 11 is 5.61. The maximum atomic E-state index is 11.6. The fraction of sp³-hybridized carbons (Fsp3) is 0. The van der Waals surface area contributed by atoms with Crippen LogP contribution < -0.4 is 5.73 Å². The Balaban J connectivity index is 2.06. The zero-order chi connectivity index (χ0) is 13.7. The van der Waals surface area contributed by atoms with Gasteiger partial charge in [0, 0.05) is 11.8 Å². The summed E-state index contributed by atoms with van der Waals surface area (Å²) in [5, 5.41) is 3.87. The summed E-state index contributed by atoms with van der Waals surface area (Å²) in [7, 11) is 0. The fourth-order valence-corrected chi connectivity index (χ4v) is 1.41. The van der Waals surface area contributed by atoms with E-state index in [-0.39, 0.29) is 11.4 Å². The van der Waals surface area contributed by atoms with Crippen molar-refractivity contribution < 1.29 is 9.63 Å². The Kier molecular flexibility index (Phi) is 4.10. The molecule has 0 aliphatic heterocycles. The van der Waals surface area contributed by atoms with Crippen molar-refractivity contribution in [2.45, 2.75) is 0 Å². The number of pyridine rings is 1. The molecule has 0 amide bonds. The van der Waals surface area contributed by atoms with Crippen molar-refractivity contribution in [1.29, 1.82) is 0 Å². The number of halogens is 1. The van der Waals surface area contributed by atoms with Gasteiger partial charge in [-0.05, 0) is 12.1 Å². The average Bonchev–Trinajstić information content (AvgIpc) is 2.46. The van der Waals surface area contributed by atoms with Crippen molar-refractivity contribution in [1.82, 2.24) is 4.98 Å². The average molecular weight is 276 g/mol. The quantitative estimate of drug-likeness (QED) is 0.306. The molecule has 0 unspecified atom stereocenters. The summed E-state index contributed by atoms with van der Waals surface area (Å²) in [5.74, 6) is -0.529. The Morgan fingerprint density at radius 1 is 1.16 bits per heavy atom. The van der Waals surface area contributed by atoms with Gasteiger partial charge in [-0.25, -0.2) is 9.78 Å². The molecule has 0 atom stereocenters. The van der Waals surface area contributed by atoms with Crippen LogP contribution >= 0.6 is 11.6 Å². The van der Waals surface area contributed by atoms with Gasteiger partial charge in [0.15, 0.2) is 5.84 Å². The van der Waals surface area contributed by atoms with E-state index in [1.165, 1.54) is 18.3 Å². The number of hydrogen-bond donors (Lipinski definition) is 1. The Morgan fingerprint density at radius 3 is 2.53 bits per heavy atom. The highest BCUT2D eigenvalue weighted by molar-refractivity contribution is 6.29.